The first-order valence-electron chi connectivity index (χ1n) is 3.71. The van der Waals surface area contributed by atoms with Gasteiger partial charge in [-0.05, 0) is 25.5 Å². The Morgan fingerprint density at radius 3 is 2.92 bits per heavy atom. The zero-order valence-corrected chi connectivity index (χ0v) is 7.20. The number of rotatable bonds is 3. The van der Waals surface area contributed by atoms with Crippen LogP contribution in [0.5, 0.6) is 0 Å². The predicted octanol–water partition coefficient (Wildman–Crippen LogP) is 1.37. The maximum atomic E-state index is 9.91. The standard InChI is InChI=1S/C9H11NO2/c1-7-3-8(2)10-4-9(7)5-12-6-11/h3-4,6H,5H2,1-2H3. The molecular weight excluding hydrogens is 154 g/mol. The van der Waals surface area contributed by atoms with Crippen molar-refractivity contribution < 1.29 is 9.53 Å². The predicted molar refractivity (Wildman–Crippen MR) is 44.6 cm³/mol. The van der Waals surface area contributed by atoms with Gasteiger partial charge in [0.15, 0.2) is 0 Å². The normalized spacial score (nSPS) is 9.50. The highest BCUT2D eigenvalue weighted by Gasteiger charge is 1.98. The molecule has 0 saturated heterocycles. The number of carbonyl (C=O) groups excluding carboxylic acids is 1. The number of hydrogen-bond acceptors (Lipinski definition) is 3. The second kappa shape index (κ2) is 3.85. The number of nitrogens with zero attached hydrogens (tertiary/aromatic N) is 1. The molecule has 0 fully saturated rings. The van der Waals surface area contributed by atoms with E-state index >= 15 is 0 Å². The maximum Gasteiger partial charge on any atom is 0.293 e. The lowest BCUT2D eigenvalue weighted by atomic mass is 10.1. The van der Waals surface area contributed by atoms with Crippen molar-refractivity contribution in [3.05, 3.63) is 29.1 Å². The molecule has 64 valence electrons. The Bertz CT molecular complexity index is 284. The second-order valence-electron chi connectivity index (χ2n) is 2.66. The van der Waals surface area contributed by atoms with E-state index in [1.165, 1.54) is 0 Å². The first kappa shape index (κ1) is 8.71. The largest absolute Gasteiger partial charge is 0.463 e. The van der Waals surface area contributed by atoms with E-state index in [0.717, 1.165) is 16.8 Å². The topological polar surface area (TPSA) is 39.2 Å². The van der Waals surface area contributed by atoms with Crippen molar-refractivity contribution in [2.75, 3.05) is 0 Å². The molecule has 3 heteroatoms. The van der Waals surface area contributed by atoms with Gasteiger partial charge in [0.25, 0.3) is 6.47 Å². The van der Waals surface area contributed by atoms with Crippen LogP contribution >= 0.6 is 0 Å². The molecule has 0 spiro atoms. The first-order valence-corrected chi connectivity index (χ1v) is 3.71. The van der Waals surface area contributed by atoms with E-state index in [1.807, 2.05) is 19.9 Å². The lowest BCUT2D eigenvalue weighted by Gasteiger charge is -2.03. The van der Waals surface area contributed by atoms with E-state index in [0.29, 0.717) is 13.1 Å². The molecular formula is C9H11NO2. The van der Waals surface area contributed by atoms with Crippen molar-refractivity contribution in [2.45, 2.75) is 20.5 Å². The Hall–Kier alpha value is -1.38. The fraction of sp³-hybridized carbons (Fsp3) is 0.333. The fourth-order valence-electron chi connectivity index (χ4n) is 1.000. The molecule has 0 N–H and O–H groups in total. The number of pyridine rings is 1. The second-order valence-corrected chi connectivity index (χ2v) is 2.66. The third kappa shape index (κ3) is 2.05. The van der Waals surface area contributed by atoms with Gasteiger partial charge in [-0.25, -0.2) is 0 Å². The van der Waals surface area contributed by atoms with Gasteiger partial charge in [-0.15, -0.1) is 0 Å². The molecule has 0 bridgehead atoms. The quantitative estimate of drug-likeness (QED) is 0.635. The van der Waals surface area contributed by atoms with E-state index < -0.39 is 0 Å². The summed E-state index contributed by atoms with van der Waals surface area (Å²) >= 11 is 0. The van der Waals surface area contributed by atoms with Crippen molar-refractivity contribution in [1.29, 1.82) is 0 Å². The summed E-state index contributed by atoms with van der Waals surface area (Å²) in [7, 11) is 0. The molecule has 0 aliphatic carbocycles. The lowest BCUT2D eigenvalue weighted by Crippen LogP contribution is -1.95. The first-order chi connectivity index (χ1) is 5.74. The molecule has 1 aromatic heterocycles. The van der Waals surface area contributed by atoms with E-state index in [2.05, 4.69) is 9.72 Å². The van der Waals surface area contributed by atoms with Crippen LogP contribution in [0.4, 0.5) is 0 Å². The zero-order valence-electron chi connectivity index (χ0n) is 7.20. The average Bonchev–Trinajstić information content (AvgIpc) is 2.03. The van der Waals surface area contributed by atoms with Crippen molar-refractivity contribution in [3.63, 3.8) is 0 Å². The number of carbonyl (C=O) groups is 1. The summed E-state index contributed by atoms with van der Waals surface area (Å²) in [6.45, 7) is 4.65. The molecule has 0 aliphatic heterocycles. The summed E-state index contributed by atoms with van der Waals surface area (Å²) < 4.78 is 4.62. The van der Waals surface area contributed by atoms with Gasteiger partial charge in [0.05, 0.1) is 0 Å². The van der Waals surface area contributed by atoms with Crippen LogP contribution in [0, 0.1) is 13.8 Å². The van der Waals surface area contributed by atoms with E-state index in [4.69, 9.17) is 0 Å². The summed E-state index contributed by atoms with van der Waals surface area (Å²) in [5, 5.41) is 0. The third-order valence-electron chi connectivity index (χ3n) is 1.66. The molecule has 0 aliphatic rings. The van der Waals surface area contributed by atoms with Crippen molar-refractivity contribution in [1.82, 2.24) is 4.98 Å². The molecule has 0 amide bonds. The highest BCUT2D eigenvalue weighted by Crippen LogP contribution is 2.08. The van der Waals surface area contributed by atoms with Gasteiger partial charge >= 0.3 is 0 Å². The van der Waals surface area contributed by atoms with Gasteiger partial charge in [0.2, 0.25) is 0 Å². The molecule has 1 rings (SSSR count). The smallest absolute Gasteiger partial charge is 0.293 e. The fourth-order valence-corrected chi connectivity index (χ4v) is 1.000. The SMILES string of the molecule is Cc1cc(C)c(COC=O)cn1. The lowest BCUT2D eigenvalue weighted by molar-refractivity contribution is -0.129. The third-order valence-corrected chi connectivity index (χ3v) is 1.66. The molecule has 0 aromatic carbocycles. The Labute approximate surface area is 71.4 Å². The van der Waals surface area contributed by atoms with Crippen molar-refractivity contribution >= 4 is 6.47 Å². The molecule has 1 heterocycles. The van der Waals surface area contributed by atoms with Gasteiger partial charge in [0, 0.05) is 17.5 Å². The minimum Gasteiger partial charge on any atom is -0.463 e. The van der Waals surface area contributed by atoms with Crippen molar-refractivity contribution in [3.8, 4) is 0 Å². The molecule has 12 heavy (non-hydrogen) atoms. The number of aromatic nitrogens is 1. The van der Waals surface area contributed by atoms with Crippen LogP contribution in [0.25, 0.3) is 0 Å². The maximum absolute atomic E-state index is 9.91. The van der Waals surface area contributed by atoms with Gasteiger partial charge in [-0.1, -0.05) is 0 Å². The van der Waals surface area contributed by atoms with E-state index in [9.17, 15) is 4.79 Å². The van der Waals surface area contributed by atoms with E-state index in [1.54, 1.807) is 6.20 Å². The van der Waals surface area contributed by atoms with Crippen molar-refractivity contribution in [2.24, 2.45) is 0 Å². The molecule has 3 nitrogen and oxygen atoms in total. The molecule has 0 unspecified atom stereocenters. The Morgan fingerprint density at radius 1 is 1.58 bits per heavy atom. The number of aryl methyl sites for hydroxylation is 2. The van der Waals surface area contributed by atoms with Gasteiger partial charge in [-0.3, -0.25) is 9.78 Å². The Kier molecular flexibility index (Phi) is 2.80. The van der Waals surface area contributed by atoms with E-state index in [-0.39, 0.29) is 0 Å². The molecule has 0 atom stereocenters. The minimum absolute atomic E-state index is 0.308. The number of hydrogen-bond donors (Lipinski definition) is 0. The zero-order chi connectivity index (χ0) is 8.97. The molecule has 0 saturated carbocycles. The average molecular weight is 165 g/mol. The summed E-state index contributed by atoms with van der Waals surface area (Å²) in [5.74, 6) is 0. The summed E-state index contributed by atoms with van der Waals surface area (Å²) in [6.07, 6.45) is 1.73. The highest BCUT2D eigenvalue weighted by atomic mass is 16.5. The highest BCUT2D eigenvalue weighted by molar-refractivity contribution is 5.37. The van der Waals surface area contributed by atoms with Crippen LogP contribution in [0.3, 0.4) is 0 Å². The van der Waals surface area contributed by atoms with Crippen LogP contribution in [0.2, 0.25) is 0 Å². The van der Waals surface area contributed by atoms with Crippen LogP contribution in [-0.4, -0.2) is 11.5 Å². The van der Waals surface area contributed by atoms with Crippen LogP contribution in [0.15, 0.2) is 12.3 Å². The van der Waals surface area contributed by atoms with Gasteiger partial charge < -0.3 is 4.74 Å². The minimum atomic E-state index is 0.308. The Morgan fingerprint density at radius 2 is 2.33 bits per heavy atom. The van der Waals surface area contributed by atoms with Gasteiger partial charge in [0.1, 0.15) is 6.61 Å². The number of ether oxygens (including phenoxy) is 1. The molecule has 1 aromatic rings. The van der Waals surface area contributed by atoms with Gasteiger partial charge in [-0.2, -0.15) is 0 Å². The van der Waals surface area contributed by atoms with Crippen LogP contribution < -0.4 is 0 Å². The summed E-state index contributed by atoms with van der Waals surface area (Å²) in [6, 6.07) is 1.96. The van der Waals surface area contributed by atoms with Crippen LogP contribution in [0.1, 0.15) is 16.8 Å². The monoisotopic (exact) mass is 165 g/mol. The van der Waals surface area contributed by atoms with Crippen LogP contribution in [-0.2, 0) is 16.1 Å². The summed E-state index contributed by atoms with van der Waals surface area (Å²) in [5.41, 5.74) is 3.03. The summed E-state index contributed by atoms with van der Waals surface area (Å²) in [4.78, 5) is 14.0. The Balaban J connectivity index is 2.78. The molecule has 0 radical (unpaired) electrons.